The van der Waals surface area contributed by atoms with Crippen molar-refractivity contribution in [3.05, 3.63) is 17.5 Å². The van der Waals surface area contributed by atoms with Gasteiger partial charge in [0.1, 0.15) is 0 Å². The molecule has 1 aromatic rings. The molecule has 0 aromatic carbocycles. The van der Waals surface area contributed by atoms with Gasteiger partial charge in [0.25, 0.3) is 0 Å². The van der Waals surface area contributed by atoms with Crippen molar-refractivity contribution in [1.82, 2.24) is 15.3 Å². The van der Waals surface area contributed by atoms with E-state index in [4.69, 9.17) is 4.98 Å². The first-order valence-electron chi connectivity index (χ1n) is 8.22. The lowest BCUT2D eigenvalue weighted by Gasteiger charge is -2.27. The molecule has 110 valence electrons. The third-order valence-electron chi connectivity index (χ3n) is 4.51. The molecule has 0 spiro atoms. The van der Waals surface area contributed by atoms with E-state index in [9.17, 15) is 0 Å². The maximum atomic E-state index is 4.89. The van der Waals surface area contributed by atoms with Crippen LogP contribution >= 0.6 is 0 Å². The Hall–Kier alpha value is -1.16. The fourth-order valence-corrected chi connectivity index (χ4v) is 3.42. The van der Waals surface area contributed by atoms with E-state index < -0.39 is 0 Å². The molecule has 0 bridgehead atoms. The number of anilines is 1. The summed E-state index contributed by atoms with van der Waals surface area (Å²) in [5.41, 5.74) is 2.60. The molecule has 1 aliphatic carbocycles. The zero-order chi connectivity index (χ0) is 13.8. The monoisotopic (exact) mass is 274 g/mol. The number of aromatic nitrogens is 2. The van der Waals surface area contributed by atoms with Gasteiger partial charge < -0.3 is 10.2 Å². The van der Waals surface area contributed by atoms with Gasteiger partial charge in [0, 0.05) is 30.9 Å². The van der Waals surface area contributed by atoms with Crippen molar-refractivity contribution in [2.24, 2.45) is 0 Å². The van der Waals surface area contributed by atoms with E-state index in [1.54, 1.807) is 0 Å². The molecule has 1 atom stereocenters. The number of hydrogen-bond donors (Lipinski definition) is 1. The van der Waals surface area contributed by atoms with Gasteiger partial charge in [-0.2, -0.15) is 0 Å². The fraction of sp³-hybridized carbons (Fsp3) is 0.750. The van der Waals surface area contributed by atoms with Crippen LogP contribution in [0, 0.1) is 0 Å². The Morgan fingerprint density at radius 3 is 2.75 bits per heavy atom. The third-order valence-corrected chi connectivity index (χ3v) is 4.51. The number of fused-ring (bicyclic) bond motifs is 1. The predicted octanol–water partition coefficient (Wildman–Crippen LogP) is 2.84. The van der Waals surface area contributed by atoms with E-state index >= 15 is 0 Å². The quantitative estimate of drug-likeness (QED) is 0.920. The van der Waals surface area contributed by atoms with Gasteiger partial charge in [0.15, 0.2) is 0 Å². The van der Waals surface area contributed by atoms with E-state index in [0.717, 1.165) is 32.0 Å². The molecule has 2 heterocycles. The molecule has 1 aromatic heterocycles. The van der Waals surface area contributed by atoms with Crippen LogP contribution in [0.1, 0.15) is 62.7 Å². The molecule has 4 nitrogen and oxygen atoms in total. The number of hydrogen-bond acceptors (Lipinski definition) is 4. The molecule has 1 N–H and O–H groups in total. The Balaban J connectivity index is 1.81. The highest BCUT2D eigenvalue weighted by Crippen LogP contribution is 2.29. The van der Waals surface area contributed by atoms with Gasteiger partial charge in [-0.25, -0.2) is 9.97 Å². The zero-order valence-corrected chi connectivity index (χ0v) is 12.6. The molecule has 20 heavy (non-hydrogen) atoms. The van der Waals surface area contributed by atoms with Crippen molar-refractivity contribution in [3.8, 4) is 0 Å². The lowest BCUT2D eigenvalue weighted by molar-refractivity contribution is 0.464. The Bertz CT molecular complexity index is 438. The van der Waals surface area contributed by atoms with Gasteiger partial charge in [-0.1, -0.05) is 19.8 Å². The summed E-state index contributed by atoms with van der Waals surface area (Å²) in [6, 6.07) is 0.460. The Morgan fingerprint density at radius 1 is 1.20 bits per heavy atom. The van der Waals surface area contributed by atoms with E-state index in [1.807, 2.05) is 0 Å². The highest BCUT2D eigenvalue weighted by atomic mass is 15.2. The van der Waals surface area contributed by atoms with Crippen molar-refractivity contribution in [2.75, 3.05) is 24.5 Å². The van der Waals surface area contributed by atoms with Crippen LogP contribution in [-0.2, 0) is 6.42 Å². The first-order chi connectivity index (χ1) is 9.88. The van der Waals surface area contributed by atoms with Gasteiger partial charge in [-0.15, -0.1) is 0 Å². The largest absolute Gasteiger partial charge is 0.341 e. The average Bonchev–Trinajstić information content (AvgIpc) is 2.76. The summed E-state index contributed by atoms with van der Waals surface area (Å²) >= 11 is 0. The molecule has 1 saturated heterocycles. The minimum absolute atomic E-state index is 0.460. The van der Waals surface area contributed by atoms with Crippen LogP contribution < -0.4 is 10.2 Å². The molecule has 3 rings (SSSR count). The van der Waals surface area contributed by atoms with Crippen LogP contribution in [0.3, 0.4) is 0 Å². The molecule has 4 heteroatoms. The van der Waals surface area contributed by atoms with Crippen molar-refractivity contribution >= 4 is 5.95 Å². The summed E-state index contributed by atoms with van der Waals surface area (Å²) in [6.07, 6.45) is 10.9. The first-order valence-corrected chi connectivity index (χ1v) is 8.22. The van der Waals surface area contributed by atoms with Gasteiger partial charge in [0.05, 0.1) is 5.69 Å². The number of nitrogens with one attached hydrogen (secondary N) is 1. The topological polar surface area (TPSA) is 41.1 Å². The van der Waals surface area contributed by atoms with Crippen LogP contribution in [-0.4, -0.2) is 29.6 Å². The van der Waals surface area contributed by atoms with Crippen LogP contribution in [0.4, 0.5) is 5.95 Å². The van der Waals surface area contributed by atoms with Gasteiger partial charge >= 0.3 is 0 Å². The van der Waals surface area contributed by atoms with Gasteiger partial charge in [0.2, 0.25) is 5.95 Å². The number of rotatable bonds is 3. The standard InChI is InChI=1S/C16H26N4/c1-2-17-14-8-7-9-15-13(14)12-18-16(19-15)20-10-5-3-4-6-11-20/h12,14,17H,2-11H2,1H3. The fourth-order valence-electron chi connectivity index (χ4n) is 3.42. The summed E-state index contributed by atoms with van der Waals surface area (Å²) in [7, 11) is 0. The third kappa shape index (κ3) is 2.95. The molecule has 0 saturated carbocycles. The first kappa shape index (κ1) is 13.8. The second-order valence-corrected chi connectivity index (χ2v) is 5.98. The Labute approximate surface area is 122 Å². The minimum Gasteiger partial charge on any atom is -0.341 e. The lowest BCUT2D eigenvalue weighted by atomic mass is 9.92. The van der Waals surface area contributed by atoms with Gasteiger partial charge in [-0.05, 0) is 38.6 Å². The van der Waals surface area contributed by atoms with Crippen LogP contribution in [0.25, 0.3) is 0 Å². The van der Waals surface area contributed by atoms with Crippen molar-refractivity contribution in [1.29, 1.82) is 0 Å². The summed E-state index contributed by atoms with van der Waals surface area (Å²) in [5.74, 6) is 0.961. The summed E-state index contributed by atoms with van der Waals surface area (Å²) < 4.78 is 0. The van der Waals surface area contributed by atoms with E-state index in [-0.39, 0.29) is 0 Å². The maximum absolute atomic E-state index is 4.89. The van der Waals surface area contributed by atoms with E-state index in [0.29, 0.717) is 6.04 Å². The molecule has 1 fully saturated rings. The summed E-state index contributed by atoms with van der Waals surface area (Å²) in [5, 5.41) is 3.56. The molecule has 0 radical (unpaired) electrons. The van der Waals surface area contributed by atoms with E-state index in [1.165, 1.54) is 49.8 Å². The number of aryl methyl sites for hydroxylation is 1. The van der Waals surface area contributed by atoms with Crippen LogP contribution in [0.5, 0.6) is 0 Å². The SMILES string of the molecule is CCNC1CCCc2nc(N3CCCCCC3)ncc21. The van der Waals surface area contributed by atoms with Crippen LogP contribution in [0.2, 0.25) is 0 Å². The zero-order valence-electron chi connectivity index (χ0n) is 12.6. The Morgan fingerprint density at radius 2 is 2.00 bits per heavy atom. The minimum atomic E-state index is 0.460. The molecular formula is C16H26N4. The van der Waals surface area contributed by atoms with Crippen molar-refractivity contribution in [3.63, 3.8) is 0 Å². The lowest BCUT2D eigenvalue weighted by Crippen LogP contribution is -2.29. The Kier molecular flexibility index (Phi) is 4.51. The maximum Gasteiger partial charge on any atom is 0.225 e. The average molecular weight is 274 g/mol. The van der Waals surface area contributed by atoms with Crippen molar-refractivity contribution in [2.45, 2.75) is 57.9 Å². The highest BCUT2D eigenvalue weighted by molar-refractivity contribution is 5.35. The van der Waals surface area contributed by atoms with Gasteiger partial charge in [-0.3, -0.25) is 0 Å². The van der Waals surface area contributed by atoms with Crippen molar-refractivity contribution < 1.29 is 0 Å². The van der Waals surface area contributed by atoms with Crippen LogP contribution in [0.15, 0.2) is 6.20 Å². The smallest absolute Gasteiger partial charge is 0.225 e. The second kappa shape index (κ2) is 6.53. The molecule has 1 unspecified atom stereocenters. The summed E-state index contributed by atoms with van der Waals surface area (Å²) in [4.78, 5) is 11.9. The molecule has 1 aliphatic heterocycles. The molecule has 0 amide bonds. The molecular weight excluding hydrogens is 248 g/mol. The summed E-state index contributed by atoms with van der Waals surface area (Å²) in [6.45, 7) is 5.42. The predicted molar refractivity (Wildman–Crippen MR) is 82.1 cm³/mol. The molecule has 2 aliphatic rings. The highest BCUT2D eigenvalue weighted by Gasteiger charge is 2.22. The number of nitrogens with zero attached hydrogens (tertiary/aromatic N) is 3. The second-order valence-electron chi connectivity index (χ2n) is 5.98. The van der Waals surface area contributed by atoms with E-state index in [2.05, 4.69) is 28.3 Å². The normalized spacial score (nSPS) is 23.2.